The molecule has 0 unspecified atom stereocenters. The number of likely N-dealkylation sites (tertiary alicyclic amines) is 1. The van der Waals surface area contributed by atoms with Gasteiger partial charge in [-0.05, 0) is 74.5 Å². The Morgan fingerprint density at radius 3 is 2.04 bits per heavy atom. The molecule has 0 aromatic rings. The summed E-state index contributed by atoms with van der Waals surface area (Å²) in [5.74, 6) is 3.30. The third-order valence-corrected chi connectivity index (χ3v) is 7.04. The van der Waals surface area contributed by atoms with E-state index in [9.17, 15) is 9.59 Å². The van der Waals surface area contributed by atoms with Gasteiger partial charge in [0.05, 0.1) is 5.92 Å². The topological polar surface area (TPSA) is 69.6 Å². The molecule has 5 heteroatoms. The van der Waals surface area contributed by atoms with Crippen LogP contribution in [0.5, 0.6) is 0 Å². The first kappa shape index (κ1) is 15.3. The van der Waals surface area contributed by atoms with Gasteiger partial charge in [-0.2, -0.15) is 0 Å². The Balaban J connectivity index is 1.27. The van der Waals surface area contributed by atoms with Crippen LogP contribution in [0.2, 0.25) is 0 Å². The van der Waals surface area contributed by atoms with Crippen LogP contribution in [0.4, 0.5) is 4.79 Å². The average Bonchev–Trinajstić information content (AvgIpc) is 2.53. The predicted octanol–water partition coefficient (Wildman–Crippen LogP) is 2.56. The van der Waals surface area contributed by atoms with Crippen molar-refractivity contribution in [2.75, 3.05) is 19.6 Å². The standard InChI is InChI=1S/C18H28N2O3/c21-17(22)13-1-3-20(4-2-13)18(23)19-10-16-14-6-11-5-12(8-14)9-15(16)7-11/h11-16H,1-10H2,(H,19,23)(H,21,22). The third-order valence-electron chi connectivity index (χ3n) is 7.04. The number of hydrogen-bond donors (Lipinski definition) is 2. The van der Waals surface area contributed by atoms with Gasteiger partial charge in [0.1, 0.15) is 0 Å². The summed E-state index contributed by atoms with van der Waals surface area (Å²) in [7, 11) is 0. The number of rotatable bonds is 3. The molecule has 1 aliphatic heterocycles. The molecule has 5 aliphatic rings. The van der Waals surface area contributed by atoms with Crippen molar-refractivity contribution in [1.82, 2.24) is 10.2 Å². The average molecular weight is 320 g/mol. The summed E-state index contributed by atoms with van der Waals surface area (Å²) in [6, 6.07) is 0.0163. The second kappa shape index (κ2) is 5.99. The Hall–Kier alpha value is -1.26. The van der Waals surface area contributed by atoms with Gasteiger partial charge in [-0.1, -0.05) is 0 Å². The lowest BCUT2D eigenvalue weighted by Gasteiger charge is -2.54. The predicted molar refractivity (Wildman–Crippen MR) is 85.9 cm³/mol. The molecule has 4 bridgehead atoms. The smallest absolute Gasteiger partial charge is 0.317 e. The van der Waals surface area contributed by atoms with Crippen LogP contribution < -0.4 is 5.32 Å². The van der Waals surface area contributed by atoms with E-state index in [0.717, 1.165) is 30.2 Å². The zero-order valence-electron chi connectivity index (χ0n) is 13.7. The van der Waals surface area contributed by atoms with Crippen LogP contribution in [0, 0.1) is 35.5 Å². The minimum Gasteiger partial charge on any atom is -0.481 e. The van der Waals surface area contributed by atoms with Gasteiger partial charge < -0.3 is 15.3 Å². The summed E-state index contributed by atoms with van der Waals surface area (Å²) in [6.45, 7) is 1.97. The van der Waals surface area contributed by atoms with Gasteiger partial charge in [-0.25, -0.2) is 4.79 Å². The number of carbonyl (C=O) groups excluding carboxylic acids is 1. The molecule has 0 atom stereocenters. The number of carboxylic acid groups (broad SMARTS) is 1. The summed E-state index contributed by atoms with van der Waals surface area (Å²) in [6.07, 6.45) is 8.18. The largest absolute Gasteiger partial charge is 0.481 e. The van der Waals surface area contributed by atoms with Crippen LogP contribution in [0.1, 0.15) is 44.9 Å². The molecule has 2 amide bonds. The van der Waals surface area contributed by atoms with Crippen molar-refractivity contribution < 1.29 is 14.7 Å². The first-order valence-corrected chi connectivity index (χ1v) is 9.35. The summed E-state index contributed by atoms with van der Waals surface area (Å²) in [5, 5.41) is 12.2. The molecule has 128 valence electrons. The first-order valence-electron chi connectivity index (χ1n) is 9.35. The maximum absolute atomic E-state index is 12.4. The van der Waals surface area contributed by atoms with Gasteiger partial charge in [-0.15, -0.1) is 0 Å². The minimum absolute atomic E-state index is 0.0163. The highest BCUT2D eigenvalue weighted by atomic mass is 16.4. The molecule has 5 nitrogen and oxygen atoms in total. The van der Waals surface area contributed by atoms with E-state index >= 15 is 0 Å². The van der Waals surface area contributed by atoms with Crippen LogP contribution in [0.25, 0.3) is 0 Å². The molecular formula is C18H28N2O3. The molecular weight excluding hydrogens is 292 g/mol. The Morgan fingerprint density at radius 2 is 1.52 bits per heavy atom. The number of amides is 2. The van der Waals surface area contributed by atoms with E-state index in [0.29, 0.717) is 31.8 Å². The molecule has 0 spiro atoms. The molecule has 23 heavy (non-hydrogen) atoms. The summed E-state index contributed by atoms with van der Waals surface area (Å²) < 4.78 is 0. The van der Waals surface area contributed by atoms with Gasteiger partial charge in [-0.3, -0.25) is 4.79 Å². The van der Waals surface area contributed by atoms with Crippen molar-refractivity contribution in [1.29, 1.82) is 0 Å². The maximum Gasteiger partial charge on any atom is 0.317 e. The maximum atomic E-state index is 12.4. The molecule has 1 heterocycles. The Morgan fingerprint density at radius 1 is 0.957 bits per heavy atom. The highest BCUT2D eigenvalue weighted by Gasteiger charge is 2.48. The van der Waals surface area contributed by atoms with Crippen molar-refractivity contribution in [3.63, 3.8) is 0 Å². The van der Waals surface area contributed by atoms with E-state index < -0.39 is 5.97 Å². The summed E-state index contributed by atoms with van der Waals surface area (Å²) in [5.41, 5.74) is 0. The van der Waals surface area contributed by atoms with E-state index in [-0.39, 0.29) is 11.9 Å². The number of nitrogens with zero attached hydrogens (tertiary/aromatic N) is 1. The van der Waals surface area contributed by atoms with E-state index in [2.05, 4.69) is 5.32 Å². The molecule has 2 N–H and O–H groups in total. The number of carboxylic acids is 1. The van der Waals surface area contributed by atoms with Crippen molar-refractivity contribution in [3.05, 3.63) is 0 Å². The van der Waals surface area contributed by atoms with Crippen molar-refractivity contribution in [3.8, 4) is 0 Å². The number of nitrogens with one attached hydrogen (secondary N) is 1. The van der Waals surface area contributed by atoms with E-state index in [1.54, 1.807) is 4.90 Å². The number of carbonyl (C=O) groups is 2. The monoisotopic (exact) mass is 320 g/mol. The van der Waals surface area contributed by atoms with Crippen LogP contribution >= 0.6 is 0 Å². The number of urea groups is 1. The molecule has 5 rings (SSSR count). The van der Waals surface area contributed by atoms with E-state index in [1.165, 1.54) is 32.1 Å². The Labute approximate surface area is 137 Å². The zero-order valence-corrected chi connectivity index (χ0v) is 13.7. The minimum atomic E-state index is -0.723. The molecule has 4 saturated carbocycles. The van der Waals surface area contributed by atoms with Gasteiger partial charge in [0.25, 0.3) is 0 Å². The Kier molecular flexibility index (Phi) is 3.98. The van der Waals surface area contributed by atoms with Crippen molar-refractivity contribution in [2.45, 2.75) is 44.9 Å². The Bertz CT molecular complexity index is 457. The quantitative estimate of drug-likeness (QED) is 0.839. The zero-order chi connectivity index (χ0) is 16.0. The first-order chi connectivity index (χ1) is 11.1. The van der Waals surface area contributed by atoms with Gasteiger partial charge in [0.2, 0.25) is 0 Å². The number of hydrogen-bond acceptors (Lipinski definition) is 2. The van der Waals surface area contributed by atoms with Crippen LogP contribution in [-0.4, -0.2) is 41.6 Å². The number of piperidine rings is 1. The second-order valence-corrected chi connectivity index (χ2v) is 8.38. The lowest BCUT2D eigenvalue weighted by atomic mass is 9.52. The molecule has 5 fully saturated rings. The summed E-state index contributed by atoms with van der Waals surface area (Å²) in [4.78, 5) is 25.2. The van der Waals surface area contributed by atoms with Crippen molar-refractivity contribution in [2.24, 2.45) is 35.5 Å². The summed E-state index contributed by atoms with van der Waals surface area (Å²) >= 11 is 0. The van der Waals surface area contributed by atoms with Gasteiger partial charge in [0.15, 0.2) is 0 Å². The van der Waals surface area contributed by atoms with Gasteiger partial charge in [0, 0.05) is 19.6 Å². The highest BCUT2D eigenvalue weighted by molar-refractivity contribution is 5.75. The number of aliphatic carboxylic acids is 1. The lowest BCUT2D eigenvalue weighted by molar-refractivity contribution is -0.143. The second-order valence-electron chi connectivity index (χ2n) is 8.38. The fraction of sp³-hybridized carbons (Fsp3) is 0.889. The molecule has 1 saturated heterocycles. The fourth-order valence-corrected chi connectivity index (χ4v) is 6.02. The molecule has 4 aliphatic carbocycles. The molecule has 0 aromatic heterocycles. The van der Waals surface area contributed by atoms with Crippen molar-refractivity contribution >= 4 is 12.0 Å². The van der Waals surface area contributed by atoms with Crippen LogP contribution in [0.3, 0.4) is 0 Å². The molecule has 0 radical (unpaired) electrons. The third kappa shape index (κ3) is 2.94. The highest BCUT2D eigenvalue weighted by Crippen LogP contribution is 2.56. The van der Waals surface area contributed by atoms with Gasteiger partial charge >= 0.3 is 12.0 Å². The van der Waals surface area contributed by atoms with Crippen LogP contribution in [0.15, 0.2) is 0 Å². The van der Waals surface area contributed by atoms with Crippen LogP contribution in [-0.2, 0) is 4.79 Å². The normalized spacial score (nSPS) is 39.5. The van der Waals surface area contributed by atoms with E-state index in [1.807, 2.05) is 0 Å². The SMILES string of the molecule is O=C(O)C1CCN(C(=O)NCC2C3CC4CC(C3)CC2C4)CC1. The fourth-order valence-electron chi connectivity index (χ4n) is 6.02. The molecule has 0 aromatic carbocycles. The van der Waals surface area contributed by atoms with E-state index in [4.69, 9.17) is 5.11 Å². The lowest BCUT2D eigenvalue weighted by Crippen LogP contribution is -2.51.